The molecule has 0 aromatic heterocycles. The van der Waals surface area contributed by atoms with Crippen LogP contribution in [0, 0.1) is 11.8 Å². The lowest BCUT2D eigenvalue weighted by Gasteiger charge is -2.06. The van der Waals surface area contributed by atoms with E-state index in [9.17, 15) is 8.42 Å². The normalized spacial score (nSPS) is 24.3. The Morgan fingerprint density at radius 2 is 1.94 bits per heavy atom. The monoisotopic (exact) mass is 240 g/mol. The summed E-state index contributed by atoms with van der Waals surface area (Å²) >= 11 is 0. The molecule has 88 valence electrons. The zero-order valence-corrected chi connectivity index (χ0v) is 10.00. The third kappa shape index (κ3) is 2.54. The highest BCUT2D eigenvalue weighted by atomic mass is 32.2. The fourth-order valence-corrected chi connectivity index (χ4v) is 2.73. The van der Waals surface area contributed by atoms with E-state index >= 15 is 0 Å². The van der Waals surface area contributed by atoms with Gasteiger partial charge in [0.05, 0.1) is 4.90 Å². The van der Waals surface area contributed by atoms with Crippen LogP contribution in [0.2, 0.25) is 0 Å². The van der Waals surface area contributed by atoms with Gasteiger partial charge in [0, 0.05) is 12.2 Å². The third-order valence-electron chi connectivity index (χ3n) is 3.00. The van der Waals surface area contributed by atoms with Crippen LogP contribution in [0.25, 0.3) is 0 Å². The first-order chi connectivity index (χ1) is 7.49. The minimum atomic E-state index is -3.36. The van der Waals surface area contributed by atoms with Gasteiger partial charge in [-0.2, -0.15) is 0 Å². The minimum Gasteiger partial charge on any atom is -0.399 e. The van der Waals surface area contributed by atoms with Crippen molar-refractivity contribution in [3.8, 4) is 0 Å². The van der Waals surface area contributed by atoms with Crippen molar-refractivity contribution in [2.75, 3.05) is 12.3 Å². The first-order valence-electron chi connectivity index (χ1n) is 5.34. The number of nitrogen functional groups attached to an aromatic ring is 1. The van der Waals surface area contributed by atoms with Gasteiger partial charge in [-0.15, -0.1) is 0 Å². The van der Waals surface area contributed by atoms with E-state index in [0.717, 1.165) is 6.42 Å². The molecular weight excluding hydrogens is 224 g/mol. The molecule has 1 aliphatic rings. The van der Waals surface area contributed by atoms with E-state index in [4.69, 9.17) is 5.73 Å². The summed E-state index contributed by atoms with van der Waals surface area (Å²) in [6.45, 7) is 2.66. The van der Waals surface area contributed by atoms with Crippen molar-refractivity contribution >= 4 is 15.7 Å². The number of nitrogens with two attached hydrogens (primary N) is 1. The number of nitrogens with one attached hydrogen (secondary N) is 1. The molecule has 1 aliphatic carbocycles. The van der Waals surface area contributed by atoms with Gasteiger partial charge in [-0.25, -0.2) is 13.1 Å². The summed E-state index contributed by atoms with van der Waals surface area (Å²) < 4.78 is 26.3. The van der Waals surface area contributed by atoms with E-state index in [1.165, 1.54) is 12.1 Å². The van der Waals surface area contributed by atoms with Gasteiger partial charge >= 0.3 is 0 Å². The molecule has 0 spiro atoms. The maximum absolute atomic E-state index is 11.8. The SMILES string of the molecule is CC1CC1CNS(=O)(=O)c1ccc(N)cc1. The largest absolute Gasteiger partial charge is 0.399 e. The average molecular weight is 240 g/mol. The van der Waals surface area contributed by atoms with E-state index in [-0.39, 0.29) is 4.90 Å². The zero-order valence-electron chi connectivity index (χ0n) is 9.18. The van der Waals surface area contributed by atoms with E-state index in [2.05, 4.69) is 11.6 Å². The van der Waals surface area contributed by atoms with E-state index in [0.29, 0.717) is 24.1 Å². The summed E-state index contributed by atoms with van der Waals surface area (Å²) in [6, 6.07) is 6.23. The predicted molar refractivity (Wildman–Crippen MR) is 63.3 cm³/mol. The van der Waals surface area contributed by atoms with Crippen molar-refractivity contribution in [3.05, 3.63) is 24.3 Å². The predicted octanol–water partition coefficient (Wildman–Crippen LogP) is 1.20. The number of benzene rings is 1. The zero-order chi connectivity index (χ0) is 11.8. The van der Waals surface area contributed by atoms with Gasteiger partial charge in [-0.3, -0.25) is 0 Å². The van der Waals surface area contributed by atoms with Gasteiger partial charge in [0.15, 0.2) is 0 Å². The summed E-state index contributed by atoms with van der Waals surface area (Å²) in [5.74, 6) is 1.15. The molecule has 0 bridgehead atoms. The van der Waals surface area contributed by atoms with Crippen LogP contribution >= 0.6 is 0 Å². The molecule has 0 radical (unpaired) electrons. The minimum absolute atomic E-state index is 0.273. The lowest BCUT2D eigenvalue weighted by Crippen LogP contribution is -2.26. The number of hydrogen-bond acceptors (Lipinski definition) is 3. The van der Waals surface area contributed by atoms with Crippen molar-refractivity contribution in [2.45, 2.75) is 18.2 Å². The fourth-order valence-electron chi connectivity index (χ4n) is 1.63. The van der Waals surface area contributed by atoms with E-state index in [1.54, 1.807) is 12.1 Å². The van der Waals surface area contributed by atoms with Crippen LogP contribution in [0.4, 0.5) is 5.69 Å². The summed E-state index contributed by atoms with van der Waals surface area (Å²) in [6.07, 6.45) is 1.12. The lowest BCUT2D eigenvalue weighted by atomic mass is 10.3. The Bertz CT molecular complexity index is 467. The number of anilines is 1. The molecule has 0 heterocycles. The molecule has 1 aromatic rings. The first-order valence-corrected chi connectivity index (χ1v) is 6.82. The van der Waals surface area contributed by atoms with Crippen LogP contribution in [-0.2, 0) is 10.0 Å². The standard InChI is InChI=1S/C11H16N2O2S/c1-8-6-9(8)7-13-16(14,15)11-4-2-10(12)3-5-11/h2-5,8-9,13H,6-7,12H2,1H3. The van der Waals surface area contributed by atoms with Crippen molar-refractivity contribution in [1.82, 2.24) is 4.72 Å². The topological polar surface area (TPSA) is 72.2 Å². The summed E-state index contributed by atoms with van der Waals surface area (Å²) in [5.41, 5.74) is 6.07. The number of hydrogen-bond donors (Lipinski definition) is 2. The Hall–Kier alpha value is -1.07. The maximum atomic E-state index is 11.8. The maximum Gasteiger partial charge on any atom is 0.240 e. The molecule has 0 saturated heterocycles. The quantitative estimate of drug-likeness (QED) is 0.777. The third-order valence-corrected chi connectivity index (χ3v) is 4.44. The summed E-state index contributed by atoms with van der Waals surface area (Å²) in [4.78, 5) is 0.273. The fraction of sp³-hybridized carbons (Fsp3) is 0.455. The van der Waals surface area contributed by atoms with E-state index in [1.807, 2.05) is 0 Å². The second-order valence-electron chi connectivity index (χ2n) is 4.39. The molecule has 2 rings (SSSR count). The van der Waals surface area contributed by atoms with Gasteiger partial charge in [-0.05, 0) is 42.5 Å². The Kier molecular flexibility index (Phi) is 2.90. The molecule has 0 amide bonds. The summed E-state index contributed by atoms with van der Waals surface area (Å²) in [7, 11) is -3.36. The average Bonchev–Trinajstić information content (AvgIpc) is 2.93. The van der Waals surface area contributed by atoms with Gasteiger partial charge in [0.2, 0.25) is 10.0 Å². The van der Waals surface area contributed by atoms with Crippen molar-refractivity contribution in [2.24, 2.45) is 11.8 Å². The lowest BCUT2D eigenvalue weighted by molar-refractivity contribution is 0.574. The molecule has 1 aromatic carbocycles. The molecule has 3 N–H and O–H groups in total. The van der Waals surface area contributed by atoms with Crippen LogP contribution < -0.4 is 10.5 Å². The summed E-state index contributed by atoms with van der Waals surface area (Å²) in [5, 5.41) is 0. The molecule has 2 atom stereocenters. The van der Waals surface area contributed by atoms with Crippen molar-refractivity contribution in [3.63, 3.8) is 0 Å². The molecule has 2 unspecified atom stereocenters. The Morgan fingerprint density at radius 1 is 1.38 bits per heavy atom. The Balaban J connectivity index is 2.03. The molecule has 0 aliphatic heterocycles. The van der Waals surface area contributed by atoms with Crippen LogP contribution in [0.5, 0.6) is 0 Å². The highest BCUT2D eigenvalue weighted by Gasteiger charge is 2.33. The van der Waals surface area contributed by atoms with Gasteiger partial charge < -0.3 is 5.73 Å². The van der Waals surface area contributed by atoms with Crippen molar-refractivity contribution in [1.29, 1.82) is 0 Å². The number of sulfonamides is 1. The number of rotatable bonds is 4. The molecule has 1 fully saturated rings. The molecular formula is C11H16N2O2S. The first kappa shape index (κ1) is 11.4. The molecule has 16 heavy (non-hydrogen) atoms. The molecule has 4 nitrogen and oxygen atoms in total. The van der Waals surface area contributed by atoms with Gasteiger partial charge in [0.1, 0.15) is 0 Å². The van der Waals surface area contributed by atoms with Crippen LogP contribution in [0.1, 0.15) is 13.3 Å². The smallest absolute Gasteiger partial charge is 0.240 e. The highest BCUT2D eigenvalue weighted by Crippen LogP contribution is 2.37. The van der Waals surface area contributed by atoms with Gasteiger partial charge in [0.25, 0.3) is 0 Å². The van der Waals surface area contributed by atoms with Crippen molar-refractivity contribution < 1.29 is 8.42 Å². The molecule has 1 saturated carbocycles. The Morgan fingerprint density at radius 3 is 2.44 bits per heavy atom. The van der Waals surface area contributed by atoms with Crippen LogP contribution in [0.3, 0.4) is 0 Å². The van der Waals surface area contributed by atoms with Crippen LogP contribution in [0.15, 0.2) is 29.2 Å². The van der Waals surface area contributed by atoms with Crippen LogP contribution in [-0.4, -0.2) is 15.0 Å². The second kappa shape index (κ2) is 4.07. The van der Waals surface area contributed by atoms with Gasteiger partial charge in [-0.1, -0.05) is 6.92 Å². The Labute approximate surface area is 95.9 Å². The molecule has 5 heteroatoms. The second-order valence-corrected chi connectivity index (χ2v) is 6.16. The van der Waals surface area contributed by atoms with E-state index < -0.39 is 10.0 Å². The highest BCUT2D eigenvalue weighted by molar-refractivity contribution is 7.89.